The maximum absolute atomic E-state index is 12.8. The smallest absolute Gasteiger partial charge is 0.273 e. The predicted molar refractivity (Wildman–Crippen MR) is 91.0 cm³/mol. The molecule has 9 heteroatoms. The average molecular weight is 361 g/mol. The Kier molecular flexibility index (Phi) is 4.13. The summed E-state index contributed by atoms with van der Waals surface area (Å²) in [5, 5.41) is 12.7. The van der Waals surface area contributed by atoms with Gasteiger partial charge in [-0.3, -0.25) is 4.79 Å². The highest BCUT2D eigenvalue weighted by Gasteiger charge is 2.29. The molecule has 0 N–H and O–H groups in total. The molecule has 1 unspecified atom stereocenters. The zero-order valence-electron chi connectivity index (χ0n) is 13.0. The number of amides is 1. The van der Waals surface area contributed by atoms with E-state index in [0.717, 1.165) is 15.7 Å². The van der Waals surface area contributed by atoms with Crippen LogP contribution >= 0.6 is 22.7 Å². The number of hydrogen-bond acceptors (Lipinski definition) is 7. The number of morpholine rings is 1. The van der Waals surface area contributed by atoms with Crippen LogP contribution in [0.4, 0.5) is 0 Å². The van der Waals surface area contributed by atoms with Crippen LogP contribution in [0.1, 0.15) is 22.4 Å². The number of nitrogens with zero attached hydrogens (tertiary/aromatic N) is 5. The van der Waals surface area contributed by atoms with Crippen molar-refractivity contribution in [2.75, 3.05) is 19.7 Å². The monoisotopic (exact) mass is 361 g/mol. The first-order valence-electron chi connectivity index (χ1n) is 7.46. The Morgan fingerprint density at radius 3 is 3.08 bits per heavy atom. The standard InChI is InChI=1S/C15H15N5O2S2/c1-19-9-16-18-13(19)11-7-20(4-5-22-11)15(21)10-8-24-14(17-10)12-3-2-6-23-12/h2-3,6,8-9,11H,4-5,7H2,1H3. The number of aromatic nitrogens is 4. The molecule has 0 saturated carbocycles. The van der Waals surface area contributed by atoms with Gasteiger partial charge >= 0.3 is 0 Å². The van der Waals surface area contributed by atoms with Crippen molar-refractivity contribution in [1.82, 2.24) is 24.6 Å². The lowest BCUT2D eigenvalue weighted by molar-refractivity contribution is -0.0282. The van der Waals surface area contributed by atoms with Gasteiger partial charge in [0.05, 0.1) is 18.0 Å². The van der Waals surface area contributed by atoms with Crippen LogP contribution in [-0.4, -0.2) is 50.3 Å². The summed E-state index contributed by atoms with van der Waals surface area (Å²) in [5.41, 5.74) is 0.488. The normalized spacial score (nSPS) is 18.0. The van der Waals surface area contributed by atoms with Gasteiger partial charge < -0.3 is 14.2 Å². The van der Waals surface area contributed by atoms with E-state index in [2.05, 4.69) is 15.2 Å². The van der Waals surface area contributed by atoms with Crippen molar-refractivity contribution in [2.24, 2.45) is 7.05 Å². The van der Waals surface area contributed by atoms with E-state index in [4.69, 9.17) is 4.74 Å². The molecule has 0 aliphatic carbocycles. The van der Waals surface area contributed by atoms with Gasteiger partial charge in [0.25, 0.3) is 5.91 Å². The van der Waals surface area contributed by atoms with E-state index in [1.54, 1.807) is 22.6 Å². The molecule has 0 aromatic carbocycles. The van der Waals surface area contributed by atoms with Gasteiger partial charge in [-0.25, -0.2) is 4.98 Å². The first kappa shape index (κ1) is 15.4. The highest BCUT2D eigenvalue weighted by molar-refractivity contribution is 7.20. The van der Waals surface area contributed by atoms with Gasteiger partial charge in [-0.15, -0.1) is 32.9 Å². The lowest BCUT2D eigenvalue weighted by Crippen LogP contribution is -2.43. The van der Waals surface area contributed by atoms with E-state index >= 15 is 0 Å². The van der Waals surface area contributed by atoms with Crippen LogP contribution in [0.5, 0.6) is 0 Å². The Morgan fingerprint density at radius 2 is 2.33 bits per heavy atom. The van der Waals surface area contributed by atoms with Crippen molar-refractivity contribution in [1.29, 1.82) is 0 Å². The fraction of sp³-hybridized carbons (Fsp3) is 0.333. The predicted octanol–water partition coefficient (Wildman–Crippen LogP) is 2.21. The SMILES string of the molecule is Cn1cnnc1C1CN(C(=O)c2csc(-c3cccs3)n2)CCO1. The van der Waals surface area contributed by atoms with Crippen LogP contribution in [0, 0.1) is 0 Å². The van der Waals surface area contributed by atoms with Crippen molar-refractivity contribution in [3.63, 3.8) is 0 Å². The minimum absolute atomic E-state index is 0.0653. The molecule has 7 nitrogen and oxygen atoms in total. The maximum atomic E-state index is 12.8. The molecule has 4 heterocycles. The summed E-state index contributed by atoms with van der Waals surface area (Å²) in [5.74, 6) is 0.662. The van der Waals surface area contributed by atoms with Gasteiger partial charge in [-0.1, -0.05) is 6.07 Å². The highest BCUT2D eigenvalue weighted by atomic mass is 32.1. The fourth-order valence-corrected chi connectivity index (χ4v) is 4.23. The second kappa shape index (κ2) is 6.42. The number of thiophene rings is 1. The van der Waals surface area contributed by atoms with E-state index in [0.29, 0.717) is 25.4 Å². The summed E-state index contributed by atoms with van der Waals surface area (Å²) in [7, 11) is 1.87. The number of aryl methyl sites for hydroxylation is 1. The summed E-state index contributed by atoms with van der Waals surface area (Å²) >= 11 is 3.12. The number of carbonyl (C=O) groups is 1. The molecule has 0 spiro atoms. The number of carbonyl (C=O) groups excluding carboxylic acids is 1. The Morgan fingerprint density at radius 1 is 1.42 bits per heavy atom. The molecule has 1 atom stereocenters. The van der Waals surface area contributed by atoms with Crippen LogP contribution in [0.25, 0.3) is 9.88 Å². The molecule has 1 amide bonds. The lowest BCUT2D eigenvalue weighted by Gasteiger charge is -2.31. The maximum Gasteiger partial charge on any atom is 0.273 e. The van der Waals surface area contributed by atoms with E-state index < -0.39 is 0 Å². The van der Waals surface area contributed by atoms with Crippen molar-refractivity contribution in [3.05, 3.63) is 40.7 Å². The molecule has 4 rings (SSSR count). The molecule has 1 fully saturated rings. The Balaban J connectivity index is 1.51. The Hall–Kier alpha value is -2.10. The van der Waals surface area contributed by atoms with Crippen molar-refractivity contribution in [2.45, 2.75) is 6.10 Å². The zero-order chi connectivity index (χ0) is 16.5. The first-order valence-corrected chi connectivity index (χ1v) is 9.22. The highest BCUT2D eigenvalue weighted by Crippen LogP contribution is 2.29. The van der Waals surface area contributed by atoms with Gasteiger partial charge in [0.1, 0.15) is 23.1 Å². The van der Waals surface area contributed by atoms with Crippen LogP contribution in [0.15, 0.2) is 29.2 Å². The number of thiazole rings is 1. The fourth-order valence-electron chi connectivity index (χ4n) is 2.62. The van der Waals surface area contributed by atoms with E-state index in [-0.39, 0.29) is 12.0 Å². The molecular formula is C15H15N5O2S2. The summed E-state index contributed by atoms with van der Waals surface area (Å²) in [4.78, 5) is 20.1. The molecular weight excluding hydrogens is 346 g/mol. The van der Waals surface area contributed by atoms with Gasteiger partial charge in [-0.2, -0.15) is 0 Å². The molecule has 3 aromatic heterocycles. The Labute approximate surface area is 146 Å². The van der Waals surface area contributed by atoms with Crippen LogP contribution in [-0.2, 0) is 11.8 Å². The second-order valence-corrected chi connectivity index (χ2v) is 7.23. The largest absolute Gasteiger partial charge is 0.366 e. The third kappa shape index (κ3) is 2.85. The van der Waals surface area contributed by atoms with Crippen molar-refractivity contribution < 1.29 is 9.53 Å². The number of ether oxygens (including phenoxy) is 1. The summed E-state index contributed by atoms with van der Waals surface area (Å²) in [6.45, 7) is 1.49. The van der Waals surface area contributed by atoms with Gasteiger partial charge in [0, 0.05) is 19.0 Å². The van der Waals surface area contributed by atoms with Crippen LogP contribution in [0.2, 0.25) is 0 Å². The van der Waals surface area contributed by atoms with Gasteiger partial charge in [0.15, 0.2) is 5.82 Å². The summed E-state index contributed by atoms with van der Waals surface area (Å²) < 4.78 is 7.57. The van der Waals surface area contributed by atoms with Crippen molar-refractivity contribution in [3.8, 4) is 9.88 Å². The third-order valence-corrected chi connectivity index (χ3v) is 5.72. The second-order valence-electron chi connectivity index (χ2n) is 5.43. The first-order chi connectivity index (χ1) is 11.7. The molecule has 124 valence electrons. The molecule has 1 aliphatic heterocycles. The average Bonchev–Trinajstić information content (AvgIpc) is 3.35. The topological polar surface area (TPSA) is 73.1 Å². The van der Waals surface area contributed by atoms with E-state index in [9.17, 15) is 4.79 Å². The van der Waals surface area contributed by atoms with Gasteiger partial charge in [0.2, 0.25) is 0 Å². The van der Waals surface area contributed by atoms with Gasteiger partial charge in [-0.05, 0) is 11.4 Å². The molecule has 24 heavy (non-hydrogen) atoms. The molecule has 1 aliphatic rings. The molecule has 0 radical (unpaired) electrons. The van der Waals surface area contributed by atoms with E-state index in [1.165, 1.54) is 11.3 Å². The molecule has 1 saturated heterocycles. The molecule has 0 bridgehead atoms. The van der Waals surface area contributed by atoms with E-state index in [1.807, 2.05) is 34.5 Å². The van der Waals surface area contributed by atoms with Crippen molar-refractivity contribution >= 4 is 28.6 Å². The lowest BCUT2D eigenvalue weighted by atomic mass is 10.2. The summed E-state index contributed by atoms with van der Waals surface area (Å²) in [6.07, 6.45) is 1.37. The number of hydrogen-bond donors (Lipinski definition) is 0. The minimum Gasteiger partial charge on any atom is -0.366 e. The third-order valence-electron chi connectivity index (χ3n) is 3.84. The Bertz CT molecular complexity index is 842. The van der Waals surface area contributed by atoms with Crippen LogP contribution < -0.4 is 0 Å². The minimum atomic E-state index is -0.259. The number of rotatable bonds is 3. The quantitative estimate of drug-likeness (QED) is 0.715. The summed E-state index contributed by atoms with van der Waals surface area (Å²) in [6, 6.07) is 3.99. The molecule has 3 aromatic rings. The van der Waals surface area contributed by atoms with Crippen LogP contribution in [0.3, 0.4) is 0 Å². The zero-order valence-corrected chi connectivity index (χ0v) is 14.6.